The molecule has 2 nitrogen and oxygen atoms in total. The van der Waals surface area contributed by atoms with Crippen LogP contribution in [0.3, 0.4) is 0 Å². The van der Waals surface area contributed by atoms with Crippen LogP contribution in [0.25, 0.3) is 12.2 Å². The summed E-state index contributed by atoms with van der Waals surface area (Å²) < 4.78 is 4.69. The average molecular weight is 273 g/mol. The first-order valence-corrected chi connectivity index (χ1v) is 6.19. The predicted octanol–water partition coefficient (Wildman–Crippen LogP) is 4.30. The van der Waals surface area contributed by atoms with Gasteiger partial charge in [0.05, 0.1) is 12.7 Å². The van der Waals surface area contributed by atoms with Crippen molar-refractivity contribution in [1.82, 2.24) is 0 Å². The van der Waals surface area contributed by atoms with Gasteiger partial charge in [0, 0.05) is 5.02 Å². The van der Waals surface area contributed by atoms with Gasteiger partial charge in [-0.25, -0.2) is 4.79 Å². The summed E-state index contributed by atoms with van der Waals surface area (Å²) in [5.74, 6) is -0.332. The molecule has 0 heterocycles. The number of carbonyl (C=O) groups excluding carboxylic acids is 1. The van der Waals surface area contributed by atoms with Gasteiger partial charge in [-0.3, -0.25) is 0 Å². The first kappa shape index (κ1) is 13.4. The maximum absolute atomic E-state index is 11.4. The van der Waals surface area contributed by atoms with Crippen molar-refractivity contribution in [2.75, 3.05) is 7.11 Å². The number of methoxy groups -OCH3 is 1. The molecule has 0 aliphatic carbocycles. The standard InChI is InChI=1S/C16H13ClO2/c1-19-16(18)14-4-2-3-13(11-14)6-5-12-7-9-15(17)10-8-12/h2-11H,1H3/b6-5-. The molecule has 2 aromatic carbocycles. The van der Waals surface area contributed by atoms with Crippen LogP contribution in [0.1, 0.15) is 21.5 Å². The maximum Gasteiger partial charge on any atom is 0.337 e. The fourth-order valence-corrected chi connectivity index (χ4v) is 1.78. The fourth-order valence-electron chi connectivity index (χ4n) is 1.65. The van der Waals surface area contributed by atoms with Gasteiger partial charge >= 0.3 is 5.97 Å². The highest BCUT2D eigenvalue weighted by molar-refractivity contribution is 6.30. The first-order chi connectivity index (χ1) is 9.19. The number of carbonyl (C=O) groups is 1. The molecule has 2 rings (SSSR count). The summed E-state index contributed by atoms with van der Waals surface area (Å²) in [5, 5.41) is 0.713. The third kappa shape index (κ3) is 3.70. The Bertz CT molecular complexity index is 600. The maximum atomic E-state index is 11.4. The Hall–Kier alpha value is -2.06. The fraction of sp³-hybridized carbons (Fsp3) is 0.0625. The number of hydrogen-bond acceptors (Lipinski definition) is 2. The SMILES string of the molecule is COC(=O)c1cccc(/C=C\c2ccc(Cl)cc2)c1. The molecule has 0 aliphatic heterocycles. The minimum Gasteiger partial charge on any atom is -0.465 e. The Balaban J connectivity index is 2.19. The van der Waals surface area contributed by atoms with Gasteiger partial charge in [-0.2, -0.15) is 0 Å². The molecule has 19 heavy (non-hydrogen) atoms. The third-order valence-corrected chi connectivity index (χ3v) is 2.90. The van der Waals surface area contributed by atoms with Crippen molar-refractivity contribution >= 4 is 29.7 Å². The zero-order valence-corrected chi connectivity index (χ0v) is 11.2. The van der Waals surface area contributed by atoms with E-state index < -0.39 is 0 Å². The Morgan fingerprint density at radius 2 is 1.74 bits per heavy atom. The Morgan fingerprint density at radius 1 is 1.05 bits per heavy atom. The molecular weight excluding hydrogens is 260 g/mol. The van der Waals surface area contributed by atoms with Crippen molar-refractivity contribution in [3.05, 3.63) is 70.2 Å². The molecule has 0 atom stereocenters. The highest BCUT2D eigenvalue weighted by Gasteiger charge is 2.03. The second-order valence-corrected chi connectivity index (χ2v) is 4.44. The van der Waals surface area contributed by atoms with E-state index in [-0.39, 0.29) is 5.97 Å². The molecule has 2 aromatic rings. The molecule has 0 spiro atoms. The molecule has 96 valence electrons. The van der Waals surface area contributed by atoms with Gasteiger partial charge in [-0.05, 0) is 35.4 Å². The quantitative estimate of drug-likeness (QED) is 0.615. The molecule has 0 aromatic heterocycles. The summed E-state index contributed by atoms with van der Waals surface area (Å²) in [5.41, 5.74) is 2.53. The van der Waals surface area contributed by atoms with E-state index in [0.29, 0.717) is 10.6 Å². The van der Waals surface area contributed by atoms with E-state index in [1.165, 1.54) is 7.11 Å². The molecule has 3 heteroatoms. The largest absolute Gasteiger partial charge is 0.465 e. The van der Waals surface area contributed by atoms with Crippen molar-refractivity contribution in [2.24, 2.45) is 0 Å². The van der Waals surface area contributed by atoms with Crippen LogP contribution in [0.15, 0.2) is 48.5 Å². The summed E-state index contributed by atoms with van der Waals surface area (Å²) in [6.45, 7) is 0. The molecule has 0 amide bonds. The van der Waals surface area contributed by atoms with E-state index in [1.807, 2.05) is 48.6 Å². The topological polar surface area (TPSA) is 26.3 Å². The summed E-state index contributed by atoms with van der Waals surface area (Å²) in [7, 11) is 1.37. The lowest BCUT2D eigenvalue weighted by atomic mass is 10.1. The predicted molar refractivity (Wildman–Crippen MR) is 78.2 cm³/mol. The smallest absolute Gasteiger partial charge is 0.337 e. The average Bonchev–Trinajstić information content (AvgIpc) is 2.46. The van der Waals surface area contributed by atoms with Crippen LogP contribution in [0.2, 0.25) is 5.02 Å². The molecule has 0 bridgehead atoms. The zero-order chi connectivity index (χ0) is 13.7. The second kappa shape index (κ2) is 6.21. The second-order valence-electron chi connectivity index (χ2n) is 4.00. The Kier molecular flexibility index (Phi) is 4.37. The number of rotatable bonds is 3. The highest BCUT2D eigenvalue weighted by Crippen LogP contribution is 2.13. The van der Waals surface area contributed by atoms with Gasteiger partial charge in [0.2, 0.25) is 0 Å². The molecular formula is C16H13ClO2. The van der Waals surface area contributed by atoms with Crippen molar-refractivity contribution in [1.29, 1.82) is 0 Å². The molecule has 0 saturated carbocycles. The Labute approximate surface area is 117 Å². The lowest BCUT2D eigenvalue weighted by molar-refractivity contribution is 0.0600. The van der Waals surface area contributed by atoms with Crippen molar-refractivity contribution in [3.8, 4) is 0 Å². The van der Waals surface area contributed by atoms with Crippen LogP contribution in [0, 0.1) is 0 Å². The van der Waals surface area contributed by atoms with E-state index in [1.54, 1.807) is 12.1 Å². The molecule has 0 radical (unpaired) electrons. The van der Waals surface area contributed by atoms with Gasteiger partial charge in [-0.15, -0.1) is 0 Å². The van der Waals surface area contributed by atoms with Crippen LogP contribution in [0.4, 0.5) is 0 Å². The minimum absolute atomic E-state index is 0.332. The van der Waals surface area contributed by atoms with Crippen molar-refractivity contribution in [3.63, 3.8) is 0 Å². The minimum atomic E-state index is -0.332. The lowest BCUT2D eigenvalue weighted by Gasteiger charge is -2.00. The lowest BCUT2D eigenvalue weighted by Crippen LogP contribution is -2.00. The van der Waals surface area contributed by atoms with E-state index >= 15 is 0 Å². The molecule has 0 unspecified atom stereocenters. The van der Waals surface area contributed by atoms with E-state index in [0.717, 1.165) is 11.1 Å². The Morgan fingerprint density at radius 3 is 2.42 bits per heavy atom. The summed E-state index contributed by atoms with van der Waals surface area (Å²) in [6, 6.07) is 14.8. The van der Waals surface area contributed by atoms with Crippen LogP contribution in [-0.4, -0.2) is 13.1 Å². The molecule has 0 saturated heterocycles. The monoisotopic (exact) mass is 272 g/mol. The van der Waals surface area contributed by atoms with Gasteiger partial charge < -0.3 is 4.74 Å². The summed E-state index contributed by atoms with van der Waals surface area (Å²) in [6.07, 6.45) is 3.91. The molecule has 0 N–H and O–H groups in total. The normalized spacial score (nSPS) is 10.6. The van der Waals surface area contributed by atoms with Crippen molar-refractivity contribution in [2.45, 2.75) is 0 Å². The van der Waals surface area contributed by atoms with Crippen molar-refractivity contribution < 1.29 is 9.53 Å². The molecule has 0 fully saturated rings. The number of esters is 1. The van der Waals surface area contributed by atoms with Crippen LogP contribution >= 0.6 is 11.6 Å². The first-order valence-electron chi connectivity index (χ1n) is 5.81. The van der Waals surface area contributed by atoms with Gasteiger partial charge in [0.1, 0.15) is 0 Å². The summed E-state index contributed by atoms with van der Waals surface area (Å²) >= 11 is 5.82. The number of hydrogen-bond donors (Lipinski definition) is 0. The molecule has 0 aliphatic rings. The zero-order valence-electron chi connectivity index (χ0n) is 10.5. The van der Waals surface area contributed by atoms with Gasteiger partial charge in [0.15, 0.2) is 0 Å². The third-order valence-electron chi connectivity index (χ3n) is 2.65. The number of halogens is 1. The van der Waals surface area contributed by atoms with E-state index in [9.17, 15) is 4.79 Å². The van der Waals surface area contributed by atoms with Crippen LogP contribution < -0.4 is 0 Å². The summed E-state index contributed by atoms with van der Waals surface area (Å²) in [4.78, 5) is 11.4. The van der Waals surface area contributed by atoms with Crippen LogP contribution in [-0.2, 0) is 4.74 Å². The number of ether oxygens (including phenoxy) is 1. The van der Waals surface area contributed by atoms with E-state index in [2.05, 4.69) is 4.74 Å². The van der Waals surface area contributed by atoms with E-state index in [4.69, 9.17) is 11.6 Å². The number of benzene rings is 2. The van der Waals surface area contributed by atoms with Crippen LogP contribution in [0.5, 0.6) is 0 Å². The highest BCUT2D eigenvalue weighted by atomic mass is 35.5. The van der Waals surface area contributed by atoms with Gasteiger partial charge in [0.25, 0.3) is 0 Å². The van der Waals surface area contributed by atoms with Gasteiger partial charge in [-0.1, -0.05) is 48.0 Å².